The molecular formula is C74H124O6. The number of carbonyl (C=O) groups is 3. The van der Waals surface area contributed by atoms with Gasteiger partial charge in [-0.15, -0.1) is 0 Å². The van der Waals surface area contributed by atoms with E-state index in [1.807, 2.05) is 0 Å². The molecule has 0 saturated heterocycles. The molecule has 6 nitrogen and oxygen atoms in total. The van der Waals surface area contributed by atoms with Gasteiger partial charge in [0.05, 0.1) is 0 Å². The van der Waals surface area contributed by atoms with Crippen LogP contribution in [0.4, 0.5) is 0 Å². The van der Waals surface area contributed by atoms with E-state index in [9.17, 15) is 14.4 Å². The molecule has 0 aliphatic heterocycles. The number of rotatable bonds is 60. The Kier molecular flexibility index (Phi) is 63.8. The lowest BCUT2D eigenvalue weighted by molar-refractivity contribution is -0.167. The Hall–Kier alpha value is -4.19. The van der Waals surface area contributed by atoms with E-state index >= 15 is 0 Å². The minimum absolute atomic E-state index is 0.0893. The van der Waals surface area contributed by atoms with E-state index in [1.165, 1.54) is 135 Å². The predicted octanol–water partition coefficient (Wildman–Crippen LogP) is 23.2. The van der Waals surface area contributed by atoms with E-state index in [0.29, 0.717) is 19.3 Å². The quantitative estimate of drug-likeness (QED) is 0.0261. The van der Waals surface area contributed by atoms with Crippen molar-refractivity contribution in [1.82, 2.24) is 0 Å². The lowest BCUT2D eigenvalue weighted by atomic mass is 10.1. The van der Waals surface area contributed by atoms with Crippen LogP contribution in [-0.4, -0.2) is 37.2 Å². The number of ether oxygens (including phenoxy) is 3. The monoisotopic (exact) mass is 1110 g/mol. The molecule has 0 aromatic heterocycles. The average molecular weight is 1110 g/mol. The zero-order valence-corrected chi connectivity index (χ0v) is 52.3. The Bertz CT molecular complexity index is 1650. The zero-order valence-electron chi connectivity index (χ0n) is 52.3. The van der Waals surface area contributed by atoms with Crippen molar-refractivity contribution in [2.75, 3.05) is 13.2 Å². The van der Waals surface area contributed by atoms with Gasteiger partial charge in [0.2, 0.25) is 0 Å². The Labute approximate surface area is 494 Å². The lowest BCUT2D eigenvalue weighted by Gasteiger charge is -2.18. The molecule has 0 bridgehead atoms. The van der Waals surface area contributed by atoms with Crippen LogP contribution >= 0.6 is 0 Å². The number of unbranched alkanes of at least 4 members (excludes halogenated alkanes) is 29. The summed E-state index contributed by atoms with van der Waals surface area (Å²) in [5.41, 5.74) is 0. The highest BCUT2D eigenvalue weighted by Crippen LogP contribution is 2.16. The highest BCUT2D eigenvalue weighted by Gasteiger charge is 2.19. The Morgan fingerprint density at radius 2 is 0.487 bits per heavy atom. The van der Waals surface area contributed by atoms with E-state index in [4.69, 9.17) is 14.2 Å². The third-order valence-corrected chi connectivity index (χ3v) is 14.2. The molecule has 456 valence electrons. The third-order valence-electron chi connectivity index (χ3n) is 14.2. The first-order chi connectivity index (χ1) is 39.5. The van der Waals surface area contributed by atoms with Crippen LogP contribution in [0.2, 0.25) is 0 Å². The van der Waals surface area contributed by atoms with E-state index in [0.717, 1.165) is 135 Å². The molecule has 0 spiro atoms. The molecule has 0 amide bonds. The molecule has 0 fully saturated rings. The number of hydrogen-bond donors (Lipinski definition) is 0. The van der Waals surface area contributed by atoms with E-state index in [2.05, 4.69) is 142 Å². The van der Waals surface area contributed by atoms with Crippen molar-refractivity contribution < 1.29 is 28.6 Å². The number of hydrogen-bond acceptors (Lipinski definition) is 6. The molecule has 0 saturated carbocycles. The van der Waals surface area contributed by atoms with Gasteiger partial charge in [0.25, 0.3) is 0 Å². The second kappa shape index (κ2) is 67.3. The van der Waals surface area contributed by atoms with Gasteiger partial charge in [0.1, 0.15) is 13.2 Å². The van der Waals surface area contributed by atoms with Crippen LogP contribution < -0.4 is 0 Å². The maximum Gasteiger partial charge on any atom is 0.306 e. The van der Waals surface area contributed by atoms with Crippen molar-refractivity contribution in [3.63, 3.8) is 0 Å². The highest BCUT2D eigenvalue weighted by atomic mass is 16.6. The third kappa shape index (κ3) is 64.6. The number of allylic oxidation sites excluding steroid dienone is 20. The van der Waals surface area contributed by atoms with Gasteiger partial charge < -0.3 is 14.2 Å². The van der Waals surface area contributed by atoms with Crippen LogP contribution in [0, 0.1) is 0 Å². The van der Waals surface area contributed by atoms with Gasteiger partial charge in [-0.1, -0.05) is 277 Å². The summed E-state index contributed by atoms with van der Waals surface area (Å²) >= 11 is 0. The first kappa shape index (κ1) is 75.8. The molecule has 0 heterocycles. The zero-order chi connectivity index (χ0) is 57.8. The summed E-state index contributed by atoms with van der Waals surface area (Å²) in [6, 6.07) is 0. The van der Waals surface area contributed by atoms with Crippen molar-refractivity contribution in [3.05, 3.63) is 122 Å². The molecule has 0 aromatic carbocycles. The fraction of sp³-hybridized carbons (Fsp3) is 0.689. The second-order valence-corrected chi connectivity index (χ2v) is 22.0. The maximum atomic E-state index is 12.9. The molecule has 1 atom stereocenters. The van der Waals surface area contributed by atoms with Crippen LogP contribution in [0.5, 0.6) is 0 Å². The van der Waals surface area contributed by atoms with Gasteiger partial charge in [0.15, 0.2) is 6.10 Å². The average Bonchev–Trinajstić information content (AvgIpc) is 3.46. The fourth-order valence-corrected chi connectivity index (χ4v) is 9.15. The summed E-state index contributed by atoms with van der Waals surface area (Å²) in [5.74, 6) is -0.908. The minimum Gasteiger partial charge on any atom is -0.462 e. The molecule has 0 N–H and O–H groups in total. The normalized spacial score (nSPS) is 12.9. The summed E-state index contributed by atoms with van der Waals surface area (Å²) in [7, 11) is 0. The molecule has 0 rings (SSSR count). The first-order valence-corrected chi connectivity index (χ1v) is 33.5. The molecule has 0 aliphatic rings. The molecule has 80 heavy (non-hydrogen) atoms. The summed E-state index contributed by atoms with van der Waals surface area (Å²) in [6.07, 6.45) is 93.4. The van der Waals surface area contributed by atoms with Crippen LogP contribution in [0.3, 0.4) is 0 Å². The standard InChI is InChI=1S/C74H124O6/c1-4-7-10-13-16-19-22-25-28-30-32-33-34-35-36-37-38-39-40-41-42-44-46-49-52-55-58-61-64-67-73(76)79-70-71(69-78-72(75)66-63-60-57-54-51-48-45-27-24-21-18-15-12-9-6-3)80-74(77)68-65-62-59-56-53-50-47-43-31-29-26-23-20-17-14-11-8-5-2/h7,10,16,18-21,23,25,27-29,31-33,35-36,38-39,45,71H,4-6,8-9,11-15,17,22,24,26,30,34,37,40-44,46-70H2,1-3H3/b10-7-,19-16-,21-18-,23-20-,28-25-,31-29-,33-32-,36-35-,39-38-,45-27-. The van der Waals surface area contributed by atoms with Crippen LogP contribution in [0.1, 0.15) is 310 Å². The van der Waals surface area contributed by atoms with Crippen LogP contribution in [-0.2, 0) is 28.6 Å². The largest absolute Gasteiger partial charge is 0.462 e. The summed E-state index contributed by atoms with van der Waals surface area (Å²) < 4.78 is 16.9. The predicted molar refractivity (Wildman–Crippen MR) is 348 cm³/mol. The Balaban J connectivity index is 4.35. The van der Waals surface area contributed by atoms with Gasteiger partial charge in [-0.3, -0.25) is 14.4 Å². The Morgan fingerprint density at radius 1 is 0.263 bits per heavy atom. The fourth-order valence-electron chi connectivity index (χ4n) is 9.15. The van der Waals surface area contributed by atoms with Gasteiger partial charge >= 0.3 is 17.9 Å². The first-order valence-electron chi connectivity index (χ1n) is 33.5. The van der Waals surface area contributed by atoms with E-state index in [-0.39, 0.29) is 31.1 Å². The number of carbonyl (C=O) groups excluding carboxylic acids is 3. The van der Waals surface area contributed by atoms with Gasteiger partial charge in [-0.2, -0.15) is 0 Å². The highest BCUT2D eigenvalue weighted by molar-refractivity contribution is 5.71. The van der Waals surface area contributed by atoms with Crippen LogP contribution in [0.15, 0.2) is 122 Å². The maximum absolute atomic E-state index is 12.9. The van der Waals surface area contributed by atoms with Crippen molar-refractivity contribution in [1.29, 1.82) is 0 Å². The van der Waals surface area contributed by atoms with E-state index < -0.39 is 6.10 Å². The summed E-state index contributed by atoms with van der Waals surface area (Å²) in [4.78, 5) is 38.4. The molecular weight excluding hydrogens is 985 g/mol. The SMILES string of the molecule is CC/C=C\C/C=C\C/C=C\C/C=C\C/C=C\C/C=C\CCCCCCCCCCCCC(=O)OCC(COC(=O)CCCCCCC/C=C\C/C=C\CCCCC)OC(=O)CCCCCCCCC/C=C\C/C=C\CCCCCC. The van der Waals surface area contributed by atoms with Gasteiger partial charge in [-0.05, 0) is 135 Å². The smallest absolute Gasteiger partial charge is 0.306 e. The van der Waals surface area contributed by atoms with Crippen molar-refractivity contribution >= 4 is 17.9 Å². The van der Waals surface area contributed by atoms with Gasteiger partial charge in [-0.25, -0.2) is 0 Å². The molecule has 0 radical (unpaired) electrons. The minimum atomic E-state index is -0.794. The van der Waals surface area contributed by atoms with Crippen LogP contribution in [0.25, 0.3) is 0 Å². The summed E-state index contributed by atoms with van der Waals surface area (Å²) in [5, 5.41) is 0. The molecule has 0 aliphatic carbocycles. The number of esters is 3. The molecule has 1 unspecified atom stereocenters. The lowest BCUT2D eigenvalue weighted by Crippen LogP contribution is -2.30. The van der Waals surface area contributed by atoms with Crippen molar-refractivity contribution in [2.24, 2.45) is 0 Å². The molecule has 0 aromatic rings. The topological polar surface area (TPSA) is 78.9 Å². The van der Waals surface area contributed by atoms with Crippen molar-refractivity contribution in [2.45, 2.75) is 316 Å². The van der Waals surface area contributed by atoms with E-state index in [1.54, 1.807) is 0 Å². The second-order valence-electron chi connectivity index (χ2n) is 22.0. The van der Waals surface area contributed by atoms with Gasteiger partial charge in [0, 0.05) is 19.3 Å². The Morgan fingerprint density at radius 3 is 0.787 bits per heavy atom. The molecule has 6 heteroatoms. The summed E-state index contributed by atoms with van der Waals surface area (Å²) in [6.45, 7) is 6.48. The van der Waals surface area contributed by atoms with Crippen molar-refractivity contribution in [3.8, 4) is 0 Å².